The zero-order valence-corrected chi connectivity index (χ0v) is 7.55. The summed E-state index contributed by atoms with van der Waals surface area (Å²) in [6, 6.07) is 0. The largest absolute Gasteiger partial charge is 0.339 e. The molecule has 1 aromatic rings. The van der Waals surface area contributed by atoms with Crippen molar-refractivity contribution in [2.75, 3.05) is 0 Å². The molecule has 0 spiro atoms. The number of aromatic nitrogens is 2. The van der Waals surface area contributed by atoms with Crippen molar-refractivity contribution in [3.63, 3.8) is 0 Å². The lowest BCUT2D eigenvalue weighted by Crippen LogP contribution is -2.13. The molecule has 3 nitrogen and oxygen atoms in total. The van der Waals surface area contributed by atoms with Gasteiger partial charge in [-0.2, -0.15) is 4.98 Å². The molecule has 0 radical (unpaired) electrons. The summed E-state index contributed by atoms with van der Waals surface area (Å²) in [5.74, 6) is 2.46. The van der Waals surface area contributed by atoms with Crippen LogP contribution in [-0.4, -0.2) is 10.1 Å². The van der Waals surface area contributed by atoms with Gasteiger partial charge in [-0.1, -0.05) is 11.6 Å². The first-order valence-electron chi connectivity index (χ1n) is 4.26. The fourth-order valence-corrected chi connectivity index (χ4v) is 1.48. The lowest BCUT2D eigenvalue weighted by Gasteiger charge is -2.23. The zero-order chi connectivity index (χ0) is 8.39. The fraction of sp³-hybridized carbons (Fsp3) is 0.750. The molecule has 1 aliphatic rings. The van der Waals surface area contributed by atoms with E-state index in [0.29, 0.717) is 11.7 Å². The summed E-state index contributed by atoms with van der Waals surface area (Å²) < 4.78 is 5.02. The van der Waals surface area contributed by atoms with Gasteiger partial charge in [0.15, 0.2) is 5.82 Å². The van der Waals surface area contributed by atoms with Crippen LogP contribution in [0.2, 0.25) is 0 Å². The minimum atomic E-state index is 0.341. The van der Waals surface area contributed by atoms with E-state index in [1.54, 1.807) is 0 Å². The zero-order valence-electron chi connectivity index (χ0n) is 6.79. The van der Waals surface area contributed by atoms with Crippen LogP contribution in [0.5, 0.6) is 0 Å². The Morgan fingerprint density at radius 3 is 2.83 bits per heavy atom. The molecule has 0 N–H and O–H groups in total. The highest BCUT2D eigenvalue weighted by atomic mass is 35.5. The van der Waals surface area contributed by atoms with Gasteiger partial charge in [-0.3, -0.25) is 0 Å². The highest BCUT2D eigenvalue weighted by Crippen LogP contribution is 2.29. The molecule has 1 aliphatic carbocycles. The summed E-state index contributed by atoms with van der Waals surface area (Å²) in [6.07, 6.45) is 4.89. The SMILES string of the molecule is ClCc1noc(CC2CCC2)n1. The fourth-order valence-electron chi connectivity index (χ4n) is 1.37. The number of nitrogens with zero attached hydrogens (tertiary/aromatic N) is 2. The number of hydrogen-bond donors (Lipinski definition) is 0. The molecule has 12 heavy (non-hydrogen) atoms. The molecule has 0 bridgehead atoms. The van der Waals surface area contributed by atoms with E-state index in [0.717, 1.165) is 18.2 Å². The molecule has 4 heteroatoms. The van der Waals surface area contributed by atoms with Crippen LogP contribution in [0.4, 0.5) is 0 Å². The first-order valence-corrected chi connectivity index (χ1v) is 4.79. The molecule has 66 valence electrons. The van der Waals surface area contributed by atoms with Crippen molar-refractivity contribution in [1.82, 2.24) is 10.1 Å². The van der Waals surface area contributed by atoms with Gasteiger partial charge in [0.1, 0.15) is 0 Å². The van der Waals surface area contributed by atoms with Gasteiger partial charge in [-0.25, -0.2) is 0 Å². The lowest BCUT2D eigenvalue weighted by atomic mass is 9.83. The molecular formula is C8H11ClN2O. The minimum Gasteiger partial charge on any atom is -0.339 e. The number of alkyl halides is 1. The molecule has 0 aliphatic heterocycles. The van der Waals surface area contributed by atoms with Crippen molar-refractivity contribution < 1.29 is 4.52 Å². The van der Waals surface area contributed by atoms with Crippen LogP contribution < -0.4 is 0 Å². The van der Waals surface area contributed by atoms with Gasteiger partial charge in [0.25, 0.3) is 0 Å². The standard InChI is InChI=1S/C8H11ClN2O/c9-5-7-10-8(12-11-7)4-6-2-1-3-6/h6H,1-5H2. The van der Waals surface area contributed by atoms with Crippen LogP contribution in [0.25, 0.3) is 0 Å². The number of rotatable bonds is 3. The Bertz CT molecular complexity index is 257. The molecule has 1 aromatic heterocycles. The highest BCUT2D eigenvalue weighted by molar-refractivity contribution is 6.16. The van der Waals surface area contributed by atoms with E-state index in [4.69, 9.17) is 16.1 Å². The normalized spacial score (nSPS) is 17.8. The second-order valence-electron chi connectivity index (χ2n) is 3.24. The average Bonchev–Trinajstić information content (AvgIpc) is 2.44. The van der Waals surface area contributed by atoms with E-state index in [2.05, 4.69) is 10.1 Å². The molecular weight excluding hydrogens is 176 g/mol. The van der Waals surface area contributed by atoms with Crippen LogP contribution >= 0.6 is 11.6 Å². The first-order chi connectivity index (χ1) is 5.88. The number of hydrogen-bond acceptors (Lipinski definition) is 3. The third-order valence-corrected chi connectivity index (χ3v) is 2.56. The summed E-state index contributed by atoms with van der Waals surface area (Å²) in [6.45, 7) is 0. The molecule has 0 aromatic carbocycles. The maximum absolute atomic E-state index is 5.54. The molecule has 0 unspecified atom stereocenters. The molecule has 1 heterocycles. The van der Waals surface area contributed by atoms with Gasteiger partial charge in [0, 0.05) is 6.42 Å². The summed E-state index contributed by atoms with van der Waals surface area (Å²) in [4.78, 5) is 4.14. The predicted molar refractivity (Wildman–Crippen MR) is 44.9 cm³/mol. The lowest BCUT2D eigenvalue weighted by molar-refractivity contribution is 0.273. The Hall–Kier alpha value is -0.570. The third-order valence-electron chi connectivity index (χ3n) is 2.32. The monoisotopic (exact) mass is 186 g/mol. The van der Waals surface area contributed by atoms with Gasteiger partial charge in [0.2, 0.25) is 5.89 Å². The second kappa shape index (κ2) is 3.44. The highest BCUT2D eigenvalue weighted by Gasteiger charge is 2.20. The van der Waals surface area contributed by atoms with Crippen LogP contribution in [0.1, 0.15) is 31.0 Å². The Kier molecular flexibility index (Phi) is 2.30. The average molecular weight is 187 g/mol. The number of halogens is 1. The minimum absolute atomic E-state index is 0.341. The smallest absolute Gasteiger partial charge is 0.226 e. The van der Waals surface area contributed by atoms with Crippen molar-refractivity contribution in [1.29, 1.82) is 0 Å². The third kappa shape index (κ3) is 1.61. The van der Waals surface area contributed by atoms with E-state index >= 15 is 0 Å². The second-order valence-corrected chi connectivity index (χ2v) is 3.51. The van der Waals surface area contributed by atoms with E-state index in [1.165, 1.54) is 19.3 Å². The molecule has 0 atom stereocenters. The van der Waals surface area contributed by atoms with Gasteiger partial charge in [0.05, 0.1) is 5.88 Å². The Labute approximate surface area is 76.1 Å². The van der Waals surface area contributed by atoms with Crippen molar-refractivity contribution >= 4 is 11.6 Å². The van der Waals surface area contributed by atoms with Crippen molar-refractivity contribution in [3.05, 3.63) is 11.7 Å². The van der Waals surface area contributed by atoms with Crippen LogP contribution in [-0.2, 0) is 12.3 Å². The van der Waals surface area contributed by atoms with E-state index < -0.39 is 0 Å². The van der Waals surface area contributed by atoms with E-state index in [-0.39, 0.29) is 0 Å². The van der Waals surface area contributed by atoms with E-state index in [1.807, 2.05) is 0 Å². The van der Waals surface area contributed by atoms with Crippen molar-refractivity contribution in [2.24, 2.45) is 5.92 Å². The van der Waals surface area contributed by atoms with Gasteiger partial charge >= 0.3 is 0 Å². The van der Waals surface area contributed by atoms with Gasteiger partial charge in [-0.05, 0) is 18.8 Å². The van der Waals surface area contributed by atoms with E-state index in [9.17, 15) is 0 Å². The quantitative estimate of drug-likeness (QED) is 0.679. The van der Waals surface area contributed by atoms with Crippen LogP contribution in [0, 0.1) is 5.92 Å². The summed E-state index contributed by atoms with van der Waals surface area (Å²) in [7, 11) is 0. The molecule has 1 saturated carbocycles. The van der Waals surface area contributed by atoms with Crippen LogP contribution in [0.3, 0.4) is 0 Å². The van der Waals surface area contributed by atoms with Gasteiger partial charge in [-0.15, -0.1) is 11.6 Å². The summed E-state index contributed by atoms with van der Waals surface area (Å²) in [5.41, 5.74) is 0. The summed E-state index contributed by atoms with van der Waals surface area (Å²) >= 11 is 5.54. The van der Waals surface area contributed by atoms with Gasteiger partial charge < -0.3 is 4.52 Å². The van der Waals surface area contributed by atoms with Crippen molar-refractivity contribution in [3.8, 4) is 0 Å². The van der Waals surface area contributed by atoms with Crippen molar-refractivity contribution in [2.45, 2.75) is 31.6 Å². The molecule has 1 fully saturated rings. The maximum atomic E-state index is 5.54. The summed E-state index contributed by atoms with van der Waals surface area (Å²) in [5, 5.41) is 3.73. The topological polar surface area (TPSA) is 38.9 Å². The predicted octanol–water partition coefficient (Wildman–Crippen LogP) is 2.15. The molecule has 2 rings (SSSR count). The van der Waals surface area contributed by atoms with Crippen LogP contribution in [0.15, 0.2) is 4.52 Å². The molecule has 0 saturated heterocycles. The Morgan fingerprint density at radius 2 is 2.33 bits per heavy atom. The maximum Gasteiger partial charge on any atom is 0.226 e. The first kappa shape index (κ1) is 8.05. The Balaban J connectivity index is 1.93. The molecule has 0 amide bonds. The Morgan fingerprint density at radius 1 is 1.50 bits per heavy atom.